The Morgan fingerprint density at radius 3 is 2.59 bits per heavy atom. The van der Waals surface area contributed by atoms with Crippen LogP contribution in [0.3, 0.4) is 0 Å². The van der Waals surface area contributed by atoms with Crippen molar-refractivity contribution in [2.24, 2.45) is 0 Å². The lowest BCUT2D eigenvalue weighted by molar-refractivity contribution is -0.00545. The fourth-order valence-electron chi connectivity index (χ4n) is 4.62. The maximum atomic E-state index is 12.6. The van der Waals surface area contributed by atoms with Crippen LogP contribution in [0.5, 0.6) is 0 Å². The van der Waals surface area contributed by atoms with Gasteiger partial charge >= 0.3 is 0 Å². The van der Waals surface area contributed by atoms with E-state index in [2.05, 4.69) is 29.0 Å². The summed E-state index contributed by atoms with van der Waals surface area (Å²) < 4.78 is 5.86. The summed E-state index contributed by atoms with van der Waals surface area (Å²) in [5.41, 5.74) is 4.26. The Morgan fingerprint density at radius 1 is 1.05 bits per heavy atom. The van der Waals surface area contributed by atoms with Crippen LogP contribution in [0.2, 0.25) is 0 Å². The van der Waals surface area contributed by atoms with Crippen molar-refractivity contribution in [3.05, 3.63) is 83.7 Å². The van der Waals surface area contributed by atoms with Gasteiger partial charge in [-0.15, -0.1) is 0 Å². The van der Waals surface area contributed by atoms with Gasteiger partial charge in [0, 0.05) is 30.2 Å². The van der Waals surface area contributed by atoms with Gasteiger partial charge in [0.25, 0.3) is 5.91 Å². The molecule has 0 radical (unpaired) electrons. The third kappa shape index (κ3) is 5.76. The monoisotopic (exact) mass is 497 g/mol. The van der Waals surface area contributed by atoms with Gasteiger partial charge in [0.2, 0.25) is 0 Å². The van der Waals surface area contributed by atoms with Crippen LogP contribution < -0.4 is 10.2 Å². The van der Waals surface area contributed by atoms with Crippen molar-refractivity contribution >= 4 is 22.6 Å². The zero-order valence-electron chi connectivity index (χ0n) is 21.3. The van der Waals surface area contributed by atoms with Crippen LogP contribution in [0.15, 0.2) is 66.9 Å². The van der Waals surface area contributed by atoms with Gasteiger partial charge in [-0.3, -0.25) is 9.78 Å². The molecule has 3 aromatic heterocycles. The largest absolute Gasteiger partial charge is 0.389 e. The van der Waals surface area contributed by atoms with Crippen molar-refractivity contribution in [2.75, 3.05) is 18.0 Å². The highest BCUT2D eigenvalue weighted by Gasteiger charge is 2.23. The molecule has 4 heterocycles. The van der Waals surface area contributed by atoms with Crippen LogP contribution in [0, 0.1) is 0 Å². The summed E-state index contributed by atoms with van der Waals surface area (Å²) >= 11 is 0. The van der Waals surface area contributed by atoms with Gasteiger partial charge in [-0.25, -0.2) is 9.97 Å². The molecular formula is C29H31N5O3. The number of morpholine rings is 1. The number of aliphatic hydroxyl groups is 1. The van der Waals surface area contributed by atoms with E-state index in [1.807, 2.05) is 36.4 Å². The molecule has 1 aliphatic heterocycles. The number of pyridine rings is 3. The smallest absolute Gasteiger partial charge is 0.251 e. The summed E-state index contributed by atoms with van der Waals surface area (Å²) in [5, 5.41) is 13.6. The molecule has 1 aliphatic rings. The van der Waals surface area contributed by atoms with Crippen LogP contribution in [0.25, 0.3) is 22.3 Å². The number of carbonyl (C=O) groups is 1. The van der Waals surface area contributed by atoms with E-state index in [9.17, 15) is 9.90 Å². The zero-order chi connectivity index (χ0) is 25.9. The number of nitrogens with zero attached hydrogens (tertiary/aromatic N) is 4. The number of ether oxygens (including phenoxy) is 1. The number of aliphatic hydroxyl groups excluding tert-OH is 1. The molecule has 1 saturated heterocycles. The van der Waals surface area contributed by atoms with Crippen LogP contribution in [0.1, 0.15) is 48.5 Å². The second-order valence-electron chi connectivity index (χ2n) is 9.59. The molecule has 37 heavy (non-hydrogen) atoms. The molecule has 0 spiro atoms. The highest BCUT2D eigenvalue weighted by Crippen LogP contribution is 2.24. The maximum absolute atomic E-state index is 12.6. The van der Waals surface area contributed by atoms with E-state index in [1.165, 1.54) is 0 Å². The van der Waals surface area contributed by atoms with Gasteiger partial charge < -0.3 is 20.1 Å². The summed E-state index contributed by atoms with van der Waals surface area (Å²) in [6.45, 7) is 7.70. The summed E-state index contributed by atoms with van der Waals surface area (Å²) in [6.07, 6.45) is 1.44. The van der Waals surface area contributed by atoms with Crippen molar-refractivity contribution in [3.8, 4) is 11.4 Å². The number of amides is 1. The quantitative estimate of drug-likeness (QED) is 0.410. The molecule has 1 aromatic carbocycles. The second kappa shape index (κ2) is 10.6. The zero-order valence-corrected chi connectivity index (χ0v) is 21.3. The molecule has 0 unspecified atom stereocenters. The van der Waals surface area contributed by atoms with E-state index < -0.39 is 6.10 Å². The van der Waals surface area contributed by atoms with Crippen LogP contribution in [-0.2, 0) is 11.3 Å². The predicted molar refractivity (Wildman–Crippen MR) is 143 cm³/mol. The summed E-state index contributed by atoms with van der Waals surface area (Å²) in [4.78, 5) is 29.1. The Kier molecular flexibility index (Phi) is 7.12. The molecule has 8 nitrogen and oxygen atoms in total. The molecule has 0 bridgehead atoms. The van der Waals surface area contributed by atoms with Crippen molar-refractivity contribution in [1.82, 2.24) is 20.3 Å². The van der Waals surface area contributed by atoms with Crippen molar-refractivity contribution in [2.45, 2.75) is 45.6 Å². The molecule has 0 saturated carbocycles. The first-order valence-electron chi connectivity index (χ1n) is 12.6. The fourth-order valence-corrected chi connectivity index (χ4v) is 4.62. The van der Waals surface area contributed by atoms with Gasteiger partial charge in [0.05, 0.1) is 47.5 Å². The van der Waals surface area contributed by atoms with E-state index in [0.717, 1.165) is 41.2 Å². The number of anilines is 1. The van der Waals surface area contributed by atoms with Gasteiger partial charge in [0.15, 0.2) is 0 Å². The van der Waals surface area contributed by atoms with Crippen LogP contribution in [-0.4, -0.2) is 51.3 Å². The molecule has 1 fully saturated rings. The lowest BCUT2D eigenvalue weighted by atomic mass is 10.1. The van der Waals surface area contributed by atoms with E-state index >= 15 is 0 Å². The molecule has 5 rings (SSSR count). The molecule has 190 valence electrons. The Morgan fingerprint density at radius 2 is 1.81 bits per heavy atom. The molecule has 8 heteroatoms. The number of nitrogens with one attached hydrogen (secondary N) is 1. The molecule has 4 aromatic rings. The molecule has 1 amide bonds. The van der Waals surface area contributed by atoms with Crippen molar-refractivity contribution in [3.63, 3.8) is 0 Å². The molecular weight excluding hydrogens is 466 g/mol. The predicted octanol–water partition coefficient (Wildman–Crippen LogP) is 4.29. The third-order valence-corrected chi connectivity index (χ3v) is 6.43. The Balaban J connectivity index is 1.33. The topological polar surface area (TPSA) is 100 Å². The van der Waals surface area contributed by atoms with E-state index in [-0.39, 0.29) is 24.7 Å². The lowest BCUT2D eigenvalue weighted by Gasteiger charge is -2.36. The van der Waals surface area contributed by atoms with E-state index in [0.29, 0.717) is 16.8 Å². The van der Waals surface area contributed by atoms with Crippen LogP contribution in [0.4, 0.5) is 5.82 Å². The minimum absolute atomic E-state index is 0.154. The lowest BCUT2D eigenvalue weighted by Crippen LogP contribution is -2.45. The highest BCUT2D eigenvalue weighted by molar-refractivity contribution is 5.94. The average molecular weight is 498 g/mol. The van der Waals surface area contributed by atoms with Gasteiger partial charge in [0.1, 0.15) is 5.82 Å². The van der Waals surface area contributed by atoms with Crippen molar-refractivity contribution in [1.29, 1.82) is 0 Å². The minimum Gasteiger partial charge on any atom is -0.389 e. The van der Waals surface area contributed by atoms with Crippen molar-refractivity contribution < 1.29 is 14.6 Å². The SMILES string of the molecule is C[C@@H]1CN(c2cccc(-c3ccc4cnc(CNC(=O)c5cccc([C@@H](C)O)c5)cc4n3)n2)C[C@H](C)O1. The Bertz CT molecular complexity index is 1410. The number of fused-ring (bicyclic) bond motifs is 1. The second-order valence-corrected chi connectivity index (χ2v) is 9.59. The Labute approximate surface area is 216 Å². The first-order valence-corrected chi connectivity index (χ1v) is 12.6. The third-order valence-electron chi connectivity index (χ3n) is 6.43. The normalized spacial score (nSPS) is 18.5. The number of benzene rings is 1. The molecule has 2 N–H and O–H groups in total. The van der Waals surface area contributed by atoms with Crippen LogP contribution >= 0.6 is 0 Å². The number of hydrogen-bond acceptors (Lipinski definition) is 7. The first-order chi connectivity index (χ1) is 17.9. The number of rotatable bonds is 6. The standard InChI is InChI=1S/C29H31N5O3/c1-18-16-34(17-19(2)37-18)28-9-5-8-25(33-28)26-11-10-23-14-30-24(13-27(23)32-26)15-31-29(36)22-7-4-6-21(12-22)20(3)35/h4-14,18-20,35H,15-17H2,1-3H3,(H,31,36)/t18-,19+,20-/m1/s1. The van der Waals surface area contributed by atoms with Gasteiger partial charge in [-0.05, 0) is 68.8 Å². The summed E-state index contributed by atoms with van der Waals surface area (Å²) in [6, 6.07) is 18.8. The minimum atomic E-state index is -0.633. The molecule has 0 aliphatic carbocycles. The Hall–Kier alpha value is -3.88. The number of hydrogen-bond donors (Lipinski definition) is 2. The summed E-state index contributed by atoms with van der Waals surface area (Å²) in [7, 11) is 0. The number of carbonyl (C=O) groups excluding carboxylic acids is 1. The highest BCUT2D eigenvalue weighted by atomic mass is 16.5. The van der Waals surface area contributed by atoms with E-state index in [1.54, 1.807) is 37.4 Å². The molecule has 3 atom stereocenters. The maximum Gasteiger partial charge on any atom is 0.251 e. The van der Waals surface area contributed by atoms with Gasteiger partial charge in [-0.2, -0.15) is 0 Å². The first kappa shape index (κ1) is 24.8. The fraction of sp³-hybridized carbons (Fsp3) is 0.310. The number of aromatic nitrogens is 3. The van der Waals surface area contributed by atoms with E-state index in [4.69, 9.17) is 14.7 Å². The average Bonchev–Trinajstić information content (AvgIpc) is 2.91. The summed E-state index contributed by atoms with van der Waals surface area (Å²) in [5.74, 6) is 0.693. The van der Waals surface area contributed by atoms with Gasteiger partial charge in [-0.1, -0.05) is 18.2 Å².